The number of nitrogens with one attached hydrogen (secondary N) is 2. The van der Waals surface area contributed by atoms with Gasteiger partial charge in [0.05, 0.1) is 0 Å². The van der Waals surface area contributed by atoms with Crippen molar-refractivity contribution in [3.8, 4) is 0 Å². The van der Waals surface area contributed by atoms with Crippen molar-refractivity contribution in [2.75, 3.05) is 7.05 Å². The number of ether oxygens (including phenoxy) is 1. The molecule has 2 rings (SSSR count). The van der Waals surface area contributed by atoms with Gasteiger partial charge in [-0.25, -0.2) is 4.79 Å². The summed E-state index contributed by atoms with van der Waals surface area (Å²) in [5.74, 6) is -0.700. The van der Waals surface area contributed by atoms with Gasteiger partial charge in [-0.15, -0.1) is 0 Å². The first-order valence-corrected chi connectivity index (χ1v) is 11.0. The lowest BCUT2D eigenvalue weighted by Gasteiger charge is -2.31. The van der Waals surface area contributed by atoms with Gasteiger partial charge in [0.2, 0.25) is 11.8 Å². The summed E-state index contributed by atoms with van der Waals surface area (Å²) in [5.41, 5.74) is 2.97. The minimum Gasteiger partial charge on any atom is -0.444 e. The molecule has 2 aromatic rings. The molecule has 0 saturated carbocycles. The summed E-state index contributed by atoms with van der Waals surface area (Å²) in [4.78, 5) is 40.1. The summed E-state index contributed by atoms with van der Waals surface area (Å²) in [7, 11) is 1.57. The van der Waals surface area contributed by atoms with Crippen molar-refractivity contribution >= 4 is 17.9 Å². The van der Waals surface area contributed by atoms with Crippen LogP contribution in [0.4, 0.5) is 4.79 Å². The monoisotopic (exact) mass is 453 g/mol. The highest BCUT2D eigenvalue weighted by Crippen LogP contribution is 2.26. The van der Waals surface area contributed by atoms with Crippen molar-refractivity contribution in [2.45, 2.75) is 65.8 Å². The van der Waals surface area contributed by atoms with Crippen molar-refractivity contribution in [3.63, 3.8) is 0 Å². The van der Waals surface area contributed by atoms with Crippen molar-refractivity contribution in [2.24, 2.45) is 0 Å². The first-order chi connectivity index (χ1) is 15.4. The van der Waals surface area contributed by atoms with E-state index in [2.05, 4.69) is 10.6 Å². The maximum Gasteiger partial charge on any atom is 0.408 e. The smallest absolute Gasteiger partial charge is 0.408 e. The normalized spacial score (nSPS) is 12.9. The number of hydrogen-bond donors (Lipinski definition) is 2. The zero-order valence-corrected chi connectivity index (χ0v) is 20.6. The predicted molar refractivity (Wildman–Crippen MR) is 129 cm³/mol. The second-order valence-electron chi connectivity index (χ2n) is 9.21. The van der Waals surface area contributed by atoms with Gasteiger partial charge in [0.15, 0.2) is 0 Å². The number of aryl methyl sites for hydroxylation is 1. The van der Waals surface area contributed by atoms with Crippen LogP contribution in [0.2, 0.25) is 0 Å². The molecule has 0 heterocycles. The predicted octanol–water partition coefficient (Wildman–Crippen LogP) is 4.03. The Labute approximate surface area is 196 Å². The molecule has 0 aliphatic rings. The number of alkyl carbamates (subject to hydrolysis) is 1. The first kappa shape index (κ1) is 25.9. The Morgan fingerprint density at radius 2 is 1.64 bits per heavy atom. The second-order valence-corrected chi connectivity index (χ2v) is 9.21. The minimum absolute atomic E-state index is 0.298. The molecular weight excluding hydrogens is 418 g/mol. The molecule has 0 aliphatic carbocycles. The molecule has 0 saturated heterocycles. The van der Waals surface area contributed by atoms with Crippen molar-refractivity contribution in [1.82, 2.24) is 15.5 Å². The van der Waals surface area contributed by atoms with E-state index in [1.54, 1.807) is 34.7 Å². The summed E-state index contributed by atoms with van der Waals surface area (Å²) in [6.45, 7) is 11.1. The lowest BCUT2D eigenvalue weighted by molar-refractivity contribution is -0.140. The maximum atomic E-state index is 13.3. The van der Waals surface area contributed by atoms with Crippen LogP contribution in [0.3, 0.4) is 0 Å². The number of carbonyl (C=O) groups is 3. The quantitative estimate of drug-likeness (QED) is 0.663. The summed E-state index contributed by atoms with van der Waals surface area (Å²) in [6, 6.07) is 13.5. The molecule has 7 nitrogen and oxygen atoms in total. The van der Waals surface area contributed by atoms with E-state index < -0.39 is 29.7 Å². The van der Waals surface area contributed by atoms with Gasteiger partial charge in [0.25, 0.3) is 0 Å². The molecule has 3 amide bonds. The van der Waals surface area contributed by atoms with Gasteiger partial charge in [0, 0.05) is 13.6 Å². The van der Waals surface area contributed by atoms with Crippen LogP contribution in [0.5, 0.6) is 0 Å². The molecule has 178 valence electrons. The first-order valence-electron chi connectivity index (χ1n) is 11.0. The molecule has 0 spiro atoms. The highest BCUT2D eigenvalue weighted by atomic mass is 16.6. The highest BCUT2D eigenvalue weighted by Gasteiger charge is 2.33. The van der Waals surface area contributed by atoms with Gasteiger partial charge < -0.3 is 20.3 Å². The average Bonchev–Trinajstić information content (AvgIpc) is 2.74. The fraction of sp³-hybridized carbons (Fsp3) is 0.423. The van der Waals surface area contributed by atoms with Crippen LogP contribution in [-0.2, 0) is 20.9 Å². The lowest BCUT2D eigenvalue weighted by Crippen LogP contribution is -2.50. The Kier molecular flexibility index (Phi) is 8.63. The highest BCUT2D eigenvalue weighted by molar-refractivity contribution is 5.92. The number of amides is 3. The topological polar surface area (TPSA) is 87.7 Å². The third-order valence-electron chi connectivity index (χ3n) is 5.34. The van der Waals surface area contributed by atoms with Crippen LogP contribution in [0, 0.1) is 13.8 Å². The van der Waals surface area contributed by atoms with Crippen LogP contribution >= 0.6 is 0 Å². The zero-order valence-electron chi connectivity index (χ0n) is 20.6. The number of benzene rings is 2. The van der Waals surface area contributed by atoms with Crippen LogP contribution in [0.25, 0.3) is 0 Å². The van der Waals surface area contributed by atoms with Crippen LogP contribution in [0.15, 0.2) is 48.5 Å². The molecule has 0 radical (unpaired) electrons. The Morgan fingerprint density at radius 3 is 2.24 bits per heavy atom. The fourth-order valence-electron chi connectivity index (χ4n) is 3.46. The average molecular weight is 454 g/mol. The van der Waals surface area contributed by atoms with Gasteiger partial charge in [-0.1, -0.05) is 48.5 Å². The number of carbonyl (C=O) groups excluding carboxylic acids is 3. The molecule has 2 atom stereocenters. The standard InChI is InChI=1S/C26H35N3O4/c1-17-12-11-15-21(18(17)2)22(23(30)27-16-20-13-9-8-10-14-20)29(7)24(31)19(3)28-25(32)33-26(4,5)6/h8-15,19,22H,16H2,1-7H3,(H,27,30)(H,28,32). The summed E-state index contributed by atoms with van der Waals surface area (Å²) in [5, 5.41) is 5.51. The number of hydrogen-bond acceptors (Lipinski definition) is 4. The lowest BCUT2D eigenvalue weighted by atomic mass is 9.95. The van der Waals surface area contributed by atoms with Gasteiger partial charge >= 0.3 is 6.09 Å². The number of nitrogens with zero attached hydrogens (tertiary/aromatic N) is 1. The summed E-state index contributed by atoms with van der Waals surface area (Å²) < 4.78 is 5.25. The van der Waals surface area contributed by atoms with E-state index in [1.165, 1.54) is 4.90 Å². The van der Waals surface area contributed by atoms with E-state index in [4.69, 9.17) is 4.74 Å². The second kappa shape index (κ2) is 11.0. The molecule has 2 unspecified atom stereocenters. The summed E-state index contributed by atoms with van der Waals surface area (Å²) in [6.07, 6.45) is -0.687. The van der Waals surface area contributed by atoms with Gasteiger partial charge in [-0.2, -0.15) is 0 Å². The minimum atomic E-state index is -0.876. The molecule has 0 bridgehead atoms. The molecule has 7 heteroatoms. The van der Waals surface area contributed by atoms with Gasteiger partial charge in [-0.05, 0) is 63.8 Å². The molecule has 0 fully saturated rings. The van der Waals surface area contributed by atoms with Crippen LogP contribution in [-0.4, -0.2) is 41.5 Å². The molecule has 0 aromatic heterocycles. The Hall–Kier alpha value is -3.35. The van der Waals surface area contributed by atoms with Crippen molar-refractivity contribution < 1.29 is 19.1 Å². The molecule has 2 aromatic carbocycles. The largest absolute Gasteiger partial charge is 0.444 e. The molecule has 2 N–H and O–H groups in total. The Bertz CT molecular complexity index is 983. The van der Waals surface area contributed by atoms with E-state index in [1.807, 2.05) is 62.4 Å². The van der Waals surface area contributed by atoms with E-state index in [-0.39, 0.29) is 5.91 Å². The summed E-state index contributed by atoms with van der Waals surface area (Å²) >= 11 is 0. The van der Waals surface area contributed by atoms with E-state index in [9.17, 15) is 14.4 Å². The Morgan fingerprint density at radius 1 is 1.00 bits per heavy atom. The third-order valence-corrected chi connectivity index (χ3v) is 5.34. The van der Waals surface area contributed by atoms with Crippen LogP contribution < -0.4 is 10.6 Å². The molecule has 33 heavy (non-hydrogen) atoms. The molecule has 0 aliphatic heterocycles. The number of likely N-dealkylation sites (N-methyl/N-ethyl adjacent to an activating group) is 1. The van der Waals surface area contributed by atoms with Gasteiger partial charge in [-0.3, -0.25) is 9.59 Å². The van der Waals surface area contributed by atoms with Crippen LogP contribution in [0.1, 0.15) is 56.0 Å². The van der Waals surface area contributed by atoms with Crippen molar-refractivity contribution in [3.05, 3.63) is 70.8 Å². The fourth-order valence-corrected chi connectivity index (χ4v) is 3.46. The van der Waals surface area contributed by atoms with Crippen molar-refractivity contribution in [1.29, 1.82) is 0 Å². The Balaban J connectivity index is 2.26. The molecular formula is C26H35N3O4. The van der Waals surface area contributed by atoms with Gasteiger partial charge in [0.1, 0.15) is 17.7 Å². The third kappa shape index (κ3) is 7.34. The van der Waals surface area contributed by atoms with E-state index >= 15 is 0 Å². The SMILES string of the molecule is Cc1cccc(C(C(=O)NCc2ccccc2)N(C)C(=O)C(C)NC(=O)OC(C)(C)C)c1C. The maximum absolute atomic E-state index is 13.3. The van der Waals surface area contributed by atoms with E-state index in [0.717, 1.165) is 22.3 Å². The van der Waals surface area contributed by atoms with E-state index in [0.29, 0.717) is 6.54 Å². The zero-order chi connectivity index (χ0) is 24.8. The number of rotatable bonds is 7.